The summed E-state index contributed by atoms with van der Waals surface area (Å²) in [5.41, 5.74) is 2.46. The Kier molecular flexibility index (Phi) is 5.70. The molecule has 1 saturated carbocycles. The standard InChI is InChI=1S/C26H29N3O2/c30-26(22-10-5-13-28-15-22)23-8-3-9-24(26)18-29(17-23)16-21-7-1-2-11-25(21)31-19-20-6-4-12-27-14-20/h1-2,4-7,10-15,23-24,30H,3,8-9,16-19H2/t23-,24+,26?. The van der Waals surface area contributed by atoms with Crippen molar-refractivity contribution in [3.63, 3.8) is 0 Å². The van der Waals surface area contributed by atoms with Crippen LogP contribution in [0.1, 0.15) is 36.0 Å². The number of aliphatic hydroxyl groups is 1. The molecule has 0 amide bonds. The van der Waals surface area contributed by atoms with Crippen LogP contribution in [0, 0.1) is 11.8 Å². The van der Waals surface area contributed by atoms with Crippen molar-refractivity contribution in [1.29, 1.82) is 0 Å². The number of nitrogens with zero attached hydrogens (tertiary/aromatic N) is 3. The third-order valence-electron chi connectivity index (χ3n) is 6.91. The third-order valence-corrected chi connectivity index (χ3v) is 6.91. The van der Waals surface area contributed by atoms with E-state index in [1.807, 2.05) is 48.8 Å². The number of likely N-dealkylation sites (tertiary alicyclic amines) is 1. The molecule has 5 rings (SSSR count). The number of benzene rings is 1. The van der Waals surface area contributed by atoms with Gasteiger partial charge in [-0.25, -0.2) is 0 Å². The van der Waals surface area contributed by atoms with E-state index in [0.717, 1.165) is 49.4 Å². The van der Waals surface area contributed by atoms with Crippen LogP contribution in [0.5, 0.6) is 5.75 Å². The number of fused-ring (bicyclic) bond motifs is 2. The van der Waals surface area contributed by atoms with Gasteiger partial charge >= 0.3 is 0 Å². The molecule has 3 atom stereocenters. The zero-order valence-electron chi connectivity index (χ0n) is 17.7. The van der Waals surface area contributed by atoms with E-state index in [9.17, 15) is 5.11 Å². The summed E-state index contributed by atoms with van der Waals surface area (Å²) >= 11 is 0. The van der Waals surface area contributed by atoms with Crippen molar-refractivity contribution in [3.8, 4) is 5.75 Å². The van der Waals surface area contributed by atoms with E-state index >= 15 is 0 Å². The molecule has 0 radical (unpaired) electrons. The summed E-state index contributed by atoms with van der Waals surface area (Å²) in [5.74, 6) is 1.38. The lowest BCUT2D eigenvalue weighted by Gasteiger charge is -2.53. The molecule has 5 heteroatoms. The van der Waals surface area contributed by atoms with Gasteiger partial charge in [-0.05, 0) is 31.0 Å². The molecule has 2 bridgehead atoms. The van der Waals surface area contributed by atoms with Gasteiger partial charge in [0.25, 0.3) is 0 Å². The molecule has 1 saturated heterocycles. The number of hydrogen-bond acceptors (Lipinski definition) is 5. The first-order valence-corrected chi connectivity index (χ1v) is 11.2. The van der Waals surface area contributed by atoms with Crippen LogP contribution in [0.2, 0.25) is 0 Å². The zero-order valence-corrected chi connectivity index (χ0v) is 17.7. The minimum absolute atomic E-state index is 0.229. The Bertz CT molecular complexity index is 982. The molecule has 31 heavy (non-hydrogen) atoms. The second-order valence-electron chi connectivity index (χ2n) is 8.84. The minimum Gasteiger partial charge on any atom is -0.489 e. The van der Waals surface area contributed by atoms with Gasteiger partial charge in [0.2, 0.25) is 0 Å². The molecule has 2 aliphatic rings. The number of ether oxygens (including phenoxy) is 1. The molecule has 1 aromatic carbocycles. The third kappa shape index (κ3) is 4.08. The van der Waals surface area contributed by atoms with E-state index in [2.05, 4.69) is 27.0 Å². The van der Waals surface area contributed by atoms with Crippen LogP contribution in [0.15, 0.2) is 73.3 Å². The van der Waals surface area contributed by atoms with E-state index < -0.39 is 5.60 Å². The summed E-state index contributed by atoms with van der Waals surface area (Å²) in [6.07, 6.45) is 10.5. The highest BCUT2D eigenvalue weighted by atomic mass is 16.5. The first kappa shape index (κ1) is 20.2. The predicted molar refractivity (Wildman–Crippen MR) is 119 cm³/mol. The summed E-state index contributed by atoms with van der Waals surface area (Å²) in [6.45, 7) is 3.12. The summed E-state index contributed by atoms with van der Waals surface area (Å²) in [5, 5.41) is 11.8. The van der Waals surface area contributed by atoms with E-state index in [1.165, 1.54) is 12.0 Å². The Labute approximate surface area is 183 Å². The lowest BCUT2D eigenvalue weighted by atomic mass is 9.63. The van der Waals surface area contributed by atoms with Crippen LogP contribution in [0.3, 0.4) is 0 Å². The van der Waals surface area contributed by atoms with Gasteiger partial charge in [-0.1, -0.05) is 36.8 Å². The predicted octanol–water partition coefficient (Wildman–Crippen LogP) is 4.18. The average molecular weight is 416 g/mol. The van der Waals surface area contributed by atoms with E-state index in [1.54, 1.807) is 12.4 Å². The molecular weight excluding hydrogens is 386 g/mol. The fourth-order valence-corrected chi connectivity index (χ4v) is 5.40. The topological polar surface area (TPSA) is 58.5 Å². The molecule has 3 aromatic rings. The molecule has 3 heterocycles. The van der Waals surface area contributed by atoms with Gasteiger partial charge in [-0.3, -0.25) is 14.9 Å². The number of hydrogen-bond donors (Lipinski definition) is 1. The Balaban J connectivity index is 1.31. The molecule has 0 spiro atoms. The van der Waals surface area contributed by atoms with Gasteiger partial charge in [-0.15, -0.1) is 0 Å². The fraction of sp³-hybridized carbons (Fsp3) is 0.385. The van der Waals surface area contributed by atoms with Crippen LogP contribution in [-0.2, 0) is 18.8 Å². The van der Waals surface area contributed by atoms with Crippen molar-refractivity contribution in [2.45, 2.75) is 38.0 Å². The maximum Gasteiger partial charge on any atom is 0.124 e. The Morgan fingerprint density at radius 1 is 0.935 bits per heavy atom. The number of piperidine rings is 1. The van der Waals surface area contributed by atoms with Gasteiger partial charge < -0.3 is 9.84 Å². The second-order valence-corrected chi connectivity index (χ2v) is 8.84. The van der Waals surface area contributed by atoms with Gasteiger partial charge in [0.05, 0.1) is 5.60 Å². The van der Waals surface area contributed by atoms with Crippen LogP contribution in [-0.4, -0.2) is 33.1 Å². The van der Waals surface area contributed by atoms with Crippen LogP contribution in [0.4, 0.5) is 0 Å². The summed E-state index contributed by atoms with van der Waals surface area (Å²) in [4.78, 5) is 10.9. The summed E-state index contributed by atoms with van der Waals surface area (Å²) < 4.78 is 6.14. The van der Waals surface area contributed by atoms with Crippen molar-refractivity contribution in [3.05, 3.63) is 90.0 Å². The van der Waals surface area contributed by atoms with Crippen molar-refractivity contribution >= 4 is 0 Å². The Morgan fingerprint density at radius 2 is 1.68 bits per heavy atom. The van der Waals surface area contributed by atoms with Crippen LogP contribution in [0.25, 0.3) is 0 Å². The molecule has 1 N–H and O–H groups in total. The fourth-order valence-electron chi connectivity index (χ4n) is 5.40. The molecule has 1 aliphatic heterocycles. The van der Waals surface area contributed by atoms with E-state index in [0.29, 0.717) is 6.61 Å². The van der Waals surface area contributed by atoms with Crippen LogP contribution >= 0.6 is 0 Å². The normalized spacial score (nSPS) is 25.8. The lowest BCUT2D eigenvalue weighted by molar-refractivity contribution is -0.148. The van der Waals surface area contributed by atoms with Crippen molar-refractivity contribution in [2.75, 3.05) is 13.1 Å². The van der Waals surface area contributed by atoms with Gasteiger partial charge in [0.15, 0.2) is 0 Å². The van der Waals surface area contributed by atoms with Gasteiger partial charge in [-0.2, -0.15) is 0 Å². The first-order chi connectivity index (χ1) is 15.2. The van der Waals surface area contributed by atoms with E-state index in [4.69, 9.17) is 4.74 Å². The molecule has 160 valence electrons. The first-order valence-electron chi connectivity index (χ1n) is 11.2. The molecule has 2 fully saturated rings. The minimum atomic E-state index is -0.765. The average Bonchev–Trinajstić information content (AvgIpc) is 2.80. The molecular formula is C26H29N3O2. The number of para-hydroxylation sites is 1. The number of rotatable bonds is 6. The maximum absolute atomic E-state index is 11.8. The van der Waals surface area contributed by atoms with Crippen molar-refractivity contribution in [1.82, 2.24) is 14.9 Å². The molecule has 1 aliphatic carbocycles. The van der Waals surface area contributed by atoms with Gasteiger partial charge in [0, 0.05) is 72.9 Å². The van der Waals surface area contributed by atoms with E-state index in [-0.39, 0.29) is 11.8 Å². The molecule has 5 nitrogen and oxygen atoms in total. The quantitative estimate of drug-likeness (QED) is 0.655. The largest absolute Gasteiger partial charge is 0.489 e. The number of pyridine rings is 2. The highest BCUT2D eigenvalue weighted by molar-refractivity contribution is 5.34. The van der Waals surface area contributed by atoms with Gasteiger partial charge in [0.1, 0.15) is 12.4 Å². The Hall–Kier alpha value is -2.76. The van der Waals surface area contributed by atoms with Crippen LogP contribution < -0.4 is 4.74 Å². The maximum atomic E-state index is 11.8. The van der Waals surface area contributed by atoms with Crippen molar-refractivity contribution < 1.29 is 9.84 Å². The SMILES string of the molecule is OC1(c2cccnc2)[C@@H]2CCC[C@H]1CN(Cc1ccccc1OCc1cccnc1)C2. The second kappa shape index (κ2) is 8.77. The number of aromatic nitrogens is 2. The summed E-state index contributed by atoms with van der Waals surface area (Å²) in [7, 11) is 0. The molecule has 1 unspecified atom stereocenters. The molecule has 2 aromatic heterocycles. The smallest absolute Gasteiger partial charge is 0.124 e. The highest BCUT2D eigenvalue weighted by Crippen LogP contribution is 2.49. The Morgan fingerprint density at radius 3 is 2.39 bits per heavy atom. The lowest BCUT2D eigenvalue weighted by Crippen LogP contribution is -2.57. The monoisotopic (exact) mass is 415 g/mol. The van der Waals surface area contributed by atoms with Crippen molar-refractivity contribution in [2.24, 2.45) is 11.8 Å². The highest BCUT2D eigenvalue weighted by Gasteiger charge is 2.51. The summed E-state index contributed by atoms with van der Waals surface area (Å²) in [6, 6.07) is 16.2. The zero-order chi connectivity index (χ0) is 21.1.